The average Bonchev–Trinajstić information content (AvgIpc) is 2.84. The smallest absolute Gasteiger partial charge is 0.346 e. The minimum absolute atomic E-state index is 0.0173. The first-order chi connectivity index (χ1) is 10.8. The number of hydrogen-bond donors (Lipinski definition) is 2. The molecule has 0 aliphatic rings. The number of carbonyl (C=O) groups excluding carboxylic acids is 2. The summed E-state index contributed by atoms with van der Waals surface area (Å²) >= 11 is 11.9. The molecule has 122 valence electrons. The molecule has 2 heterocycles. The van der Waals surface area contributed by atoms with Crippen LogP contribution >= 0.6 is 23.2 Å². The van der Waals surface area contributed by atoms with Gasteiger partial charge in [0, 0.05) is 6.20 Å². The van der Waals surface area contributed by atoms with Crippen molar-refractivity contribution < 1.29 is 18.8 Å². The lowest BCUT2D eigenvalue weighted by Gasteiger charge is -2.09. The van der Waals surface area contributed by atoms with E-state index in [9.17, 15) is 9.59 Å². The Morgan fingerprint density at radius 2 is 2.09 bits per heavy atom. The molecular formula is C13H12Cl2N4O4. The Bertz CT molecular complexity index is 756. The molecule has 0 aliphatic carbocycles. The van der Waals surface area contributed by atoms with E-state index in [4.69, 9.17) is 33.7 Å². The molecular weight excluding hydrogens is 347 g/mol. The van der Waals surface area contributed by atoms with Crippen molar-refractivity contribution in [3.63, 3.8) is 0 Å². The summed E-state index contributed by atoms with van der Waals surface area (Å²) in [5.74, 6) is -1.49. The maximum Gasteiger partial charge on any atom is 0.346 e. The quantitative estimate of drug-likeness (QED) is 0.804. The minimum Gasteiger partial charge on any atom is -0.452 e. The van der Waals surface area contributed by atoms with E-state index in [1.54, 1.807) is 6.92 Å². The van der Waals surface area contributed by atoms with E-state index in [1.165, 1.54) is 13.1 Å². The summed E-state index contributed by atoms with van der Waals surface area (Å²) < 4.78 is 9.49. The number of rotatable bonds is 4. The number of hydrogen-bond acceptors (Lipinski definition) is 7. The van der Waals surface area contributed by atoms with Gasteiger partial charge < -0.3 is 20.3 Å². The van der Waals surface area contributed by atoms with Crippen molar-refractivity contribution in [3.05, 3.63) is 33.1 Å². The van der Waals surface area contributed by atoms with Crippen molar-refractivity contribution in [2.45, 2.75) is 13.8 Å². The fourth-order valence-corrected chi connectivity index (χ4v) is 2.04. The number of nitrogens with two attached hydrogens (primary N) is 1. The van der Waals surface area contributed by atoms with Crippen molar-refractivity contribution in [3.8, 4) is 0 Å². The Labute approximate surface area is 140 Å². The van der Waals surface area contributed by atoms with Gasteiger partial charge in [-0.15, -0.1) is 0 Å². The molecule has 0 atom stereocenters. The lowest BCUT2D eigenvalue weighted by molar-refractivity contribution is -0.119. The molecule has 2 rings (SSSR count). The zero-order valence-electron chi connectivity index (χ0n) is 12.1. The number of aromatic nitrogens is 2. The fraction of sp³-hybridized carbons (Fsp3) is 0.231. The number of nitrogen functional groups attached to an aromatic ring is 1. The molecule has 0 radical (unpaired) electrons. The highest BCUT2D eigenvalue weighted by molar-refractivity contribution is 6.37. The Kier molecular flexibility index (Phi) is 5.07. The van der Waals surface area contributed by atoms with Gasteiger partial charge in [0.2, 0.25) is 5.88 Å². The summed E-state index contributed by atoms with van der Waals surface area (Å²) in [6.07, 6.45) is 1.35. The van der Waals surface area contributed by atoms with Gasteiger partial charge in [-0.25, -0.2) is 9.78 Å². The Morgan fingerprint density at radius 1 is 1.39 bits per heavy atom. The lowest BCUT2D eigenvalue weighted by atomic mass is 10.2. The highest BCUT2D eigenvalue weighted by atomic mass is 35.5. The average molecular weight is 359 g/mol. The van der Waals surface area contributed by atoms with Gasteiger partial charge in [-0.2, -0.15) is 0 Å². The molecule has 0 bridgehead atoms. The maximum absolute atomic E-state index is 11.8. The predicted octanol–water partition coefficient (Wildman–Crippen LogP) is 2.37. The van der Waals surface area contributed by atoms with Gasteiger partial charge in [-0.1, -0.05) is 28.4 Å². The molecule has 0 spiro atoms. The summed E-state index contributed by atoms with van der Waals surface area (Å²) in [5, 5.41) is 6.52. The second-order valence-electron chi connectivity index (χ2n) is 4.53. The molecule has 10 heteroatoms. The van der Waals surface area contributed by atoms with Crippen LogP contribution in [0.25, 0.3) is 0 Å². The predicted molar refractivity (Wildman–Crippen MR) is 83.6 cm³/mol. The number of nitrogens with one attached hydrogen (secondary N) is 1. The molecule has 0 aromatic carbocycles. The number of halogens is 2. The largest absolute Gasteiger partial charge is 0.452 e. The van der Waals surface area contributed by atoms with Crippen molar-refractivity contribution in [1.82, 2.24) is 10.1 Å². The minimum atomic E-state index is -0.817. The standard InChI is InChI=1S/C13H12Cl2N4O4/c1-5-7(14)3-17-12(10(5)15)18-8(20)4-22-13(21)9-6(2)19-23-11(9)16/h3H,4,16H2,1-2H3,(H,17,18,20). The summed E-state index contributed by atoms with van der Waals surface area (Å²) in [6.45, 7) is 2.65. The molecule has 2 aromatic heterocycles. The molecule has 0 saturated carbocycles. The van der Waals surface area contributed by atoms with E-state index in [1.807, 2.05) is 0 Å². The topological polar surface area (TPSA) is 120 Å². The van der Waals surface area contributed by atoms with Gasteiger partial charge in [0.25, 0.3) is 5.91 Å². The van der Waals surface area contributed by atoms with Crippen LogP contribution in [0.5, 0.6) is 0 Å². The number of amides is 1. The molecule has 0 saturated heterocycles. The van der Waals surface area contributed by atoms with E-state index >= 15 is 0 Å². The SMILES string of the molecule is Cc1noc(N)c1C(=O)OCC(=O)Nc1ncc(Cl)c(C)c1Cl. The zero-order chi connectivity index (χ0) is 17.1. The first-order valence-corrected chi connectivity index (χ1v) is 7.06. The van der Waals surface area contributed by atoms with Crippen LogP contribution in [0.1, 0.15) is 21.6 Å². The van der Waals surface area contributed by atoms with Crippen LogP contribution in [0.4, 0.5) is 11.7 Å². The molecule has 3 N–H and O–H groups in total. The first kappa shape index (κ1) is 17.0. The van der Waals surface area contributed by atoms with E-state index in [0.717, 1.165) is 0 Å². The Balaban J connectivity index is 1.99. The maximum atomic E-state index is 11.8. The Hall–Kier alpha value is -2.32. The zero-order valence-corrected chi connectivity index (χ0v) is 13.7. The van der Waals surface area contributed by atoms with Crippen LogP contribution in [-0.4, -0.2) is 28.6 Å². The number of carbonyl (C=O) groups is 2. The highest BCUT2D eigenvalue weighted by Gasteiger charge is 2.21. The normalized spacial score (nSPS) is 10.4. The molecule has 2 aromatic rings. The van der Waals surface area contributed by atoms with Crippen LogP contribution in [0.2, 0.25) is 10.0 Å². The second kappa shape index (κ2) is 6.84. The van der Waals surface area contributed by atoms with Gasteiger partial charge in [-0.3, -0.25) is 4.79 Å². The molecule has 0 unspecified atom stereocenters. The van der Waals surface area contributed by atoms with Gasteiger partial charge >= 0.3 is 5.97 Å². The molecule has 1 amide bonds. The third kappa shape index (κ3) is 3.72. The summed E-state index contributed by atoms with van der Waals surface area (Å²) in [5.41, 5.74) is 6.28. The number of aryl methyl sites for hydroxylation is 1. The van der Waals surface area contributed by atoms with Gasteiger partial charge in [0.1, 0.15) is 5.56 Å². The van der Waals surface area contributed by atoms with Gasteiger partial charge in [0.05, 0.1) is 15.7 Å². The summed E-state index contributed by atoms with van der Waals surface area (Å²) in [6, 6.07) is 0. The van der Waals surface area contributed by atoms with E-state index < -0.39 is 18.5 Å². The van der Waals surface area contributed by atoms with E-state index in [0.29, 0.717) is 10.6 Å². The van der Waals surface area contributed by atoms with Gasteiger partial charge in [0.15, 0.2) is 12.4 Å². The second-order valence-corrected chi connectivity index (χ2v) is 5.31. The van der Waals surface area contributed by atoms with Crippen molar-refractivity contribution >= 4 is 46.8 Å². The molecule has 0 fully saturated rings. The van der Waals surface area contributed by atoms with Crippen LogP contribution in [0.15, 0.2) is 10.7 Å². The number of anilines is 2. The van der Waals surface area contributed by atoms with Crippen LogP contribution in [0.3, 0.4) is 0 Å². The van der Waals surface area contributed by atoms with Crippen LogP contribution in [-0.2, 0) is 9.53 Å². The van der Waals surface area contributed by atoms with Crippen LogP contribution in [0, 0.1) is 13.8 Å². The molecule has 8 nitrogen and oxygen atoms in total. The number of esters is 1. The van der Waals surface area contributed by atoms with Crippen LogP contribution < -0.4 is 11.1 Å². The van der Waals surface area contributed by atoms with Crippen molar-refractivity contribution in [2.75, 3.05) is 17.7 Å². The van der Waals surface area contributed by atoms with Crippen molar-refractivity contribution in [2.24, 2.45) is 0 Å². The lowest BCUT2D eigenvalue weighted by Crippen LogP contribution is -2.22. The highest BCUT2D eigenvalue weighted by Crippen LogP contribution is 2.28. The fourth-order valence-electron chi connectivity index (χ4n) is 1.65. The molecule has 0 aliphatic heterocycles. The molecule has 23 heavy (non-hydrogen) atoms. The number of pyridine rings is 1. The third-order valence-electron chi connectivity index (χ3n) is 2.89. The number of nitrogens with zero attached hydrogens (tertiary/aromatic N) is 2. The van der Waals surface area contributed by atoms with Crippen molar-refractivity contribution in [1.29, 1.82) is 0 Å². The third-order valence-corrected chi connectivity index (χ3v) is 3.73. The first-order valence-electron chi connectivity index (χ1n) is 6.30. The Morgan fingerprint density at radius 3 is 2.70 bits per heavy atom. The monoisotopic (exact) mass is 358 g/mol. The summed E-state index contributed by atoms with van der Waals surface area (Å²) in [7, 11) is 0. The van der Waals surface area contributed by atoms with Gasteiger partial charge in [-0.05, 0) is 19.4 Å². The van der Waals surface area contributed by atoms with E-state index in [2.05, 4.69) is 20.0 Å². The summed E-state index contributed by atoms with van der Waals surface area (Å²) in [4.78, 5) is 27.5. The van der Waals surface area contributed by atoms with E-state index in [-0.39, 0.29) is 28.0 Å². The number of ether oxygens (including phenoxy) is 1.